The molecule has 0 aliphatic heterocycles. The van der Waals surface area contributed by atoms with Gasteiger partial charge >= 0.3 is 5.97 Å². The molecular weight excluding hydrogens is 238 g/mol. The van der Waals surface area contributed by atoms with Crippen LogP contribution in [0.3, 0.4) is 0 Å². The smallest absolute Gasteiger partial charge is 0.304 e. The predicted octanol–water partition coefficient (Wildman–Crippen LogP) is 3.19. The molecule has 0 spiro atoms. The van der Waals surface area contributed by atoms with Crippen molar-refractivity contribution in [3.63, 3.8) is 0 Å². The summed E-state index contributed by atoms with van der Waals surface area (Å²) in [5.74, 6) is -0.722. The molecule has 3 heteroatoms. The van der Waals surface area contributed by atoms with Gasteiger partial charge in [0.2, 0.25) is 0 Å². The molecule has 0 heterocycles. The van der Waals surface area contributed by atoms with Gasteiger partial charge in [-0.3, -0.25) is 9.69 Å². The van der Waals surface area contributed by atoms with Crippen LogP contribution in [0.2, 0.25) is 0 Å². The maximum Gasteiger partial charge on any atom is 0.304 e. The predicted molar refractivity (Wildman–Crippen MR) is 78.3 cm³/mol. The molecule has 1 aromatic carbocycles. The van der Waals surface area contributed by atoms with Crippen molar-refractivity contribution in [1.29, 1.82) is 0 Å². The summed E-state index contributed by atoms with van der Waals surface area (Å²) in [5, 5.41) is 8.86. The molecule has 1 rings (SSSR count). The van der Waals surface area contributed by atoms with Crippen LogP contribution in [0.15, 0.2) is 30.3 Å². The van der Waals surface area contributed by atoms with E-state index in [1.54, 1.807) is 0 Å². The van der Waals surface area contributed by atoms with E-state index in [0.29, 0.717) is 18.6 Å². The number of rotatable bonds is 8. The zero-order valence-corrected chi connectivity index (χ0v) is 12.2. The van der Waals surface area contributed by atoms with E-state index in [9.17, 15) is 4.79 Å². The molecule has 1 aromatic rings. The van der Waals surface area contributed by atoms with Gasteiger partial charge in [-0.1, -0.05) is 37.3 Å². The van der Waals surface area contributed by atoms with Crippen molar-refractivity contribution in [2.45, 2.75) is 52.1 Å². The first-order chi connectivity index (χ1) is 9.04. The van der Waals surface area contributed by atoms with Crippen molar-refractivity contribution < 1.29 is 9.90 Å². The lowest BCUT2D eigenvalue weighted by Gasteiger charge is -2.34. The molecule has 0 aromatic heterocycles. The lowest BCUT2D eigenvalue weighted by Crippen LogP contribution is -2.42. The highest BCUT2D eigenvalue weighted by Crippen LogP contribution is 2.15. The fourth-order valence-electron chi connectivity index (χ4n) is 2.47. The standard InChI is InChI=1S/C16H25NO2/c1-4-15(12-14-8-6-5-7-9-14)17(13(2)3)11-10-16(18)19/h5-9,13,15H,4,10-12H2,1-3H3,(H,18,19). The van der Waals surface area contributed by atoms with Crippen molar-refractivity contribution in [3.8, 4) is 0 Å². The average Bonchev–Trinajstić information content (AvgIpc) is 2.38. The van der Waals surface area contributed by atoms with Gasteiger partial charge in [0, 0.05) is 18.6 Å². The number of carbonyl (C=O) groups is 1. The van der Waals surface area contributed by atoms with Gasteiger partial charge in [-0.05, 0) is 32.3 Å². The molecule has 0 saturated carbocycles. The molecule has 0 fully saturated rings. The summed E-state index contributed by atoms with van der Waals surface area (Å²) < 4.78 is 0. The minimum atomic E-state index is -0.722. The molecule has 0 bridgehead atoms. The molecule has 1 N–H and O–H groups in total. The average molecular weight is 263 g/mol. The Morgan fingerprint density at radius 3 is 2.37 bits per heavy atom. The summed E-state index contributed by atoms with van der Waals surface area (Å²) >= 11 is 0. The van der Waals surface area contributed by atoms with Crippen LogP contribution < -0.4 is 0 Å². The van der Waals surface area contributed by atoms with E-state index in [0.717, 1.165) is 12.8 Å². The minimum Gasteiger partial charge on any atom is -0.481 e. The van der Waals surface area contributed by atoms with Crippen LogP contribution in [0.4, 0.5) is 0 Å². The molecule has 0 saturated heterocycles. The Hall–Kier alpha value is -1.35. The lowest BCUT2D eigenvalue weighted by molar-refractivity contribution is -0.137. The van der Waals surface area contributed by atoms with Gasteiger partial charge < -0.3 is 5.11 Å². The van der Waals surface area contributed by atoms with E-state index < -0.39 is 5.97 Å². The fourth-order valence-corrected chi connectivity index (χ4v) is 2.47. The molecule has 0 amide bonds. The molecule has 0 aliphatic rings. The summed E-state index contributed by atoms with van der Waals surface area (Å²) in [6.45, 7) is 7.06. The number of nitrogens with zero attached hydrogens (tertiary/aromatic N) is 1. The summed E-state index contributed by atoms with van der Waals surface area (Å²) in [6.07, 6.45) is 2.23. The topological polar surface area (TPSA) is 40.5 Å². The van der Waals surface area contributed by atoms with Crippen LogP contribution in [0.1, 0.15) is 39.2 Å². The first-order valence-corrected chi connectivity index (χ1v) is 7.06. The molecule has 0 radical (unpaired) electrons. The minimum absolute atomic E-state index is 0.212. The number of aliphatic carboxylic acids is 1. The third kappa shape index (κ3) is 5.43. The molecule has 0 aliphatic carbocycles. The zero-order valence-electron chi connectivity index (χ0n) is 12.2. The Labute approximate surface area is 116 Å². The van der Waals surface area contributed by atoms with Gasteiger partial charge in [0.25, 0.3) is 0 Å². The number of benzene rings is 1. The van der Waals surface area contributed by atoms with Crippen molar-refractivity contribution in [3.05, 3.63) is 35.9 Å². The number of hydrogen-bond donors (Lipinski definition) is 1. The van der Waals surface area contributed by atoms with Gasteiger partial charge in [0.15, 0.2) is 0 Å². The highest BCUT2D eigenvalue weighted by molar-refractivity contribution is 5.66. The van der Waals surface area contributed by atoms with Gasteiger partial charge in [-0.15, -0.1) is 0 Å². The first kappa shape index (κ1) is 15.7. The second kappa shape index (κ2) is 7.95. The second-order valence-electron chi connectivity index (χ2n) is 5.23. The van der Waals surface area contributed by atoms with Crippen LogP contribution in [0.5, 0.6) is 0 Å². The van der Waals surface area contributed by atoms with Gasteiger partial charge in [0.05, 0.1) is 6.42 Å². The summed E-state index contributed by atoms with van der Waals surface area (Å²) in [6, 6.07) is 11.2. The largest absolute Gasteiger partial charge is 0.481 e. The van der Waals surface area contributed by atoms with E-state index in [4.69, 9.17) is 5.11 Å². The van der Waals surface area contributed by atoms with E-state index in [-0.39, 0.29) is 6.42 Å². The Morgan fingerprint density at radius 1 is 1.26 bits per heavy atom. The van der Waals surface area contributed by atoms with Crippen molar-refractivity contribution in [1.82, 2.24) is 4.90 Å². The van der Waals surface area contributed by atoms with E-state index in [2.05, 4.69) is 49.9 Å². The number of hydrogen-bond acceptors (Lipinski definition) is 2. The van der Waals surface area contributed by atoms with Crippen LogP contribution in [-0.2, 0) is 11.2 Å². The zero-order chi connectivity index (χ0) is 14.3. The van der Waals surface area contributed by atoms with E-state index >= 15 is 0 Å². The van der Waals surface area contributed by atoms with Crippen LogP contribution >= 0.6 is 0 Å². The number of carboxylic acid groups (broad SMARTS) is 1. The molecule has 1 atom stereocenters. The van der Waals surface area contributed by atoms with Crippen molar-refractivity contribution >= 4 is 5.97 Å². The molecule has 3 nitrogen and oxygen atoms in total. The third-order valence-electron chi connectivity index (χ3n) is 3.50. The van der Waals surface area contributed by atoms with Gasteiger partial charge in [-0.2, -0.15) is 0 Å². The summed E-state index contributed by atoms with van der Waals surface area (Å²) in [5.41, 5.74) is 1.32. The maximum atomic E-state index is 10.8. The van der Waals surface area contributed by atoms with Gasteiger partial charge in [0.1, 0.15) is 0 Å². The van der Waals surface area contributed by atoms with Crippen molar-refractivity contribution in [2.24, 2.45) is 0 Å². The van der Waals surface area contributed by atoms with Crippen molar-refractivity contribution in [2.75, 3.05) is 6.54 Å². The van der Waals surface area contributed by atoms with Crippen LogP contribution in [0.25, 0.3) is 0 Å². The van der Waals surface area contributed by atoms with Crippen LogP contribution in [0, 0.1) is 0 Å². The monoisotopic (exact) mass is 263 g/mol. The maximum absolute atomic E-state index is 10.8. The summed E-state index contributed by atoms with van der Waals surface area (Å²) in [7, 11) is 0. The molecule has 19 heavy (non-hydrogen) atoms. The van der Waals surface area contributed by atoms with Crippen LogP contribution in [-0.4, -0.2) is 34.6 Å². The van der Waals surface area contributed by atoms with Gasteiger partial charge in [-0.25, -0.2) is 0 Å². The quantitative estimate of drug-likeness (QED) is 0.783. The molecular formula is C16H25NO2. The Bertz CT molecular complexity index is 376. The Balaban J connectivity index is 2.70. The highest BCUT2D eigenvalue weighted by atomic mass is 16.4. The molecule has 1 unspecified atom stereocenters. The third-order valence-corrected chi connectivity index (χ3v) is 3.50. The second-order valence-corrected chi connectivity index (χ2v) is 5.23. The fraction of sp³-hybridized carbons (Fsp3) is 0.562. The SMILES string of the molecule is CCC(Cc1ccccc1)N(CCC(=O)O)C(C)C. The normalized spacial score (nSPS) is 12.9. The van der Waals surface area contributed by atoms with E-state index in [1.807, 2.05) is 6.07 Å². The van der Waals surface area contributed by atoms with E-state index in [1.165, 1.54) is 5.56 Å². The highest BCUT2D eigenvalue weighted by Gasteiger charge is 2.20. The Morgan fingerprint density at radius 2 is 1.89 bits per heavy atom. The Kier molecular flexibility index (Phi) is 6.57. The first-order valence-electron chi connectivity index (χ1n) is 7.06. The summed E-state index contributed by atoms with van der Waals surface area (Å²) in [4.78, 5) is 13.1. The molecule has 106 valence electrons. The lowest BCUT2D eigenvalue weighted by atomic mass is 10.0. The number of carboxylic acids is 1.